The van der Waals surface area contributed by atoms with Gasteiger partial charge in [-0.2, -0.15) is 0 Å². The van der Waals surface area contributed by atoms with E-state index in [2.05, 4.69) is 10.0 Å². The zero-order valence-electron chi connectivity index (χ0n) is 14.1. The molecule has 2 aromatic rings. The van der Waals surface area contributed by atoms with Crippen LogP contribution in [0.1, 0.15) is 12.2 Å². The first-order valence-corrected chi connectivity index (χ1v) is 9.88. The summed E-state index contributed by atoms with van der Waals surface area (Å²) in [7, 11) is -3.35. The molecule has 0 unspecified atom stereocenters. The van der Waals surface area contributed by atoms with E-state index in [-0.39, 0.29) is 18.2 Å². The number of carbonyl (C=O) groups is 2. The number of carbonyl (C=O) groups excluding carboxylic acids is 2. The van der Waals surface area contributed by atoms with Gasteiger partial charge in [0.2, 0.25) is 21.8 Å². The van der Waals surface area contributed by atoms with Gasteiger partial charge in [-0.25, -0.2) is 8.42 Å². The minimum atomic E-state index is -3.35. The molecule has 8 nitrogen and oxygen atoms in total. The molecule has 26 heavy (non-hydrogen) atoms. The molecule has 1 atom stereocenters. The third-order valence-electron chi connectivity index (χ3n) is 3.97. The number of furan rings is 1. The van der Waals surface area contributed by atoms with Crippen LogP contribution in [-0.4, -0.2) is 37.9 Å². The molecule has 138 valence electrons. The molecule has 3 rings (SSSR count). The van der Waals surface area contributed by atoms with Gasteiger partial charge in [-0.3, -0.25) is 14.3 Å². The van der Waals surface area contributed by atoms with Crippen LogP contribution < -0.4 is 10.0 Å². The molecule has 1 fully saturated rings. The van der Waals surface area contributed by atoms with Gasteiger partial charge >= 0.3 is 0 Å². The fourth-order valence-corrected chi connectivity index (χ4v) is 3.34. The average molecular weight is 377 g/mol. The fraction of sp³-hybridized carbons (Fsp3) is 0.294. The van der Waals surface area contributed by atoms with Gasteiger partial charge in [0.15, 0.2) is 0 Å². The molecule has 1 aromatic heterocycles. The molecule has 2 N–H and O–H groups in total. The smallest absolute Gasteiger partial charge is 0.229 e. The summed E-state index contributed by atoms with van der Waals surface area (Å²) in [5.41, 5.74) is 0.942. The molecule has 0 bridgehead atoms. The Bertz CT molecular complexity index is 891. The predicted octanol–water partition coefficient (Wildman–Crippen LogP) is 1.64. The Morgan fingerprint density at radius 3 is 2.54 bits per heavy atom. The molecule has 0 spiro atoms. The Balaban J connectivity index is 1.57. The van der Waals surface area contributed by atoms with Crippen LogP contribution >= 0.6 is 0 Å². The van der Waals surface area contributed by atoms with Crippen molar-refractivity contribution in [3.05, 3.63) is 48.4 Å². The number of sulfonamides is 1. The number of hydrogen-bond acceptors (Lipinski definition) is 5. The second-order valence-corrected chi connectivity index (χ2v) is 7.94. The number of rotatable bonds is 6. The van der Waals surface area contributed by atoms with Crippen LogP contribution in [0, 0.1) is 5.92 Å². The summed E-state index contributed by atoms with van der Waals surface area (Å²) in [5.74, 6) is -0.0991. The highest BCUT2D eigenvalue weighted by atomic mass is 32.2. The number of nitrogens with zero attached hydrogens (tertiary/aromatic N) is 1. The molecule has 9 heteroatoms. The van der Waals surface area contributed by atoms with Crippen LogP contribution in [0.25, 0.3) is 0 Å². The van der Waals surface area contributed by atoms with Gasteiger partial charge in [-0.05, 0) is 36.4 Å². The van der Waals surface area contributed by atoms with Gasteiger partial charge in [-0.15, -0.1) is 0 Å². The van der Waals surface area contributed by atoms with E-state index in [0.717, 1.165) is 6.26 Å². The van der Waals surface area contributed by atoms with Gasteiger partial charge in [0, 0.05) is 24.3 Å². The molecular formula is C17H19N3O5S. The molecule has 0 radical (unpaired) electrons. The van der Waals surface area contributed by atoms with E-state index in [1.165, 1.54) is 0 Å². The normalized spacial score (nSPS) is 17.3. The predicted molar refractivity (Wildman–Crippen MR) is 95.8 cm³/mol. The maximum Gasteiger partial charge on any atom is 0.229 e. The zero-order chi connectivity index (χ0) is 18.7. The van der Waals surface area contributed by atoms with Crippen molar-refractivity contribution in [3.8, 4) is 0 Å². The van der Waals surface area contributed by atoms with E-state index in [1.807, 2.05) is 0 Å². The first-order chi connectivity index (χ1) is 12.3. The number of anilines is 2. The lowest BCUT2D eigenvalue weighted by Crippen LogP contribution is -2.27. The summed E-state index contributed by atoms with van der Waals surface area (Å²) < 4.78 is 30.0. The van der Waals surface area contributed by atoms with Crippen molar-refractivity contribution in [2.24, 2.45) is 5.92 Å². The highest BCUT2D eigenvalue weighted by Gasteiger charge is 2.34. The van der Waals surface area contributed by atoms with Gasteiger partial charge in [0.1, 0.15) is 5.76 Å². The van der Waals surface area contributed by atoms with Crippen molar-refractivity contribution in [1.29, 1.82) is 0 Å². The third-order valence-corrected chi connectivity index (χ3v) is 4.57. The van der Waals surface area contributed by atoms with Crippen molar-refractivity contribution < 1.29 is 22.4 Å². The van der Waals surface area contributed by atoms with E-state index in [0.29, 0.717) is 30.2 Å². The molecule has 1 aromatic carbocycles. The summed E-state index contributed by atoms with van der Waals surface area (Å²) in [4.78, 5) is 26.1. The van der Waals surface area contributed by atoms with Crippen LogP contribution in [-0.2, 0) is 26.2 Å². The third kappa shape index (κ3) is 4.63. The van der Waals surface area contributed by atoms with Crippen LogP contribution in [0.2, 0.25) is 0 Å². The first kappa shape index (κ1) is 18.0. The topological polar surface area (TPSA) is 109 Å². The quantitative estimate of drug-likeness (QED) is 0.795. The largest absolute Gasteiger partial charge is 0.467 e. The molecule has 0 aliphatic carbocycles. The number of amides is 2. The van der Waals surface area contributed by atoms with E-state index in [4.69, 9.17) is 4.42 Å². The van der Waals surface area contributed by atoms with Crippen LogP contribution in [0.4, 0.5) is 11.4 Å². The van der Waals surface area contributed by atoms with Gasteiger partial charge in [0.25, 0.3) is 0 Å². The molecule has 2 heterocycles. The van der Waals surface area contributed by atoms with Gasteiger partial charge in [0.05, 0.1) is 25.0 Å². The zero-order valence-corrected chi connectivity index (χ0v) is 15.0. The number of nitrogens with one attached hydrogen (secondary N) is 2. The number of hydrogen-bond donors (Lipinski definition) is 2. The van der Waals surface area contributed by atoms with Gasteiger partial charge < -0.3 is 14.6 Å². The second kappa shape index (κ2) is 7.20. The number of likely N-dealkylation sites (tertiary alicyclic amines) is 1. The van der Waals surface area contributed by atoms with E-state index >= 15 is 0 Å². The summed E-state index contributed by atoms with van der Waals surface area (Å²) in [6.07, 6.45) is 2.76. The highest BCUT2D eigenvalue weighted by Crippen LogP contribution is 2.22. The summed E-state index contributed by atoms with van der Waals surface area (Å²) in [5, 5.41) is 2.76. The fourth-order valence-electron chi connectivity index (χ4n) is 2.77. The SMILES string of the molecule is CS(=O)(=O)Nc1ccc(NC(=O)[C@@H]2CC(=O)N(Cc3ccco3)C2)cc1. The highest BCUT2D eigenvalue weighted by molar-refractivity contribution is 7.92. The average Bonchev–Trinajstić information content (AvgIpc) is 3.19. The Labute approximate surface area is 151 Å². The summed E-state index contributed by atoms with van der Waals surface area (Å²) >= 11 is 0. The monoisotopic (exact) mass is 377 g/mol. The first-order valence-electron chi connectivity index (χ1n) is 7.99. The van der Waals surface area contributed by atoms with Gasteiger partial charge in [-0.1, -0.05) is 0 Å². The number of benzene rings is 1. The van der Waals surface area contributed by atoms with Crippen LogP contribution in [0.5, 0.6) is 0 Å². The maximum absolute atomic E-state index is 12.4. The molecular weight excluding hydrogens is 358 g/mol. The van der Waals surface area contributed by atoms with Crippen molar-refractivity contribution in [2.45, 2.75) is 13.0 Å². The Morgan fingerprint density at radius 2 is 1.92 bits per heavy atom. The van der Waals surface area contributed by atoms with Crippen LogP contribution in [0.3, 0.4) is 0 Å². The lowest BCUT2D eigenvalue weighted by Gasteiger charge is -2.15. The Hall–Kier alpha value is -2.81. The summed E-state index contributed by atoms with van der Waals surface area (Å²) in [6.45, 7) is 0.681. The van der Waals surface area contributed by atoms with Crippen molar-refractivity contribution in [1.82, 2.24) is 4.90 Å². The van der Waals surface area contributed by atoms with Crippen LogP contribution in [0.15, 0.2) is 47.1 Å². The van der Waals surface area contributed by atoms with Crippen molar-refractivity contribution in [2.75, 3.05) is 22.8 Å². The second-order valence-electron chi connectivity index (χ2n) is 6.20. The Kier molecular flexibility index (Phi) is 4.99. The molecule has 0 saturated carbocycles. The molecule has 1 aliphatic heterocycles. The van der Waals surface area contributed by atoms with Crippen molar-refractivity contribution >= 4 is 33.2 Å². The lowest BCUT2D eigenvalue weighted by molar-refractivity contribution is -0.128. The minimum Gasteiger partial charge on any atom is -0.467 e. The van der Waals surface area contributed by atoms with E-state index in [1.54, 1.807) is 47.6 Å². The Morgan fingerprint density at radius 1 is 1.23 bits per heavy atom. The standard InChI is InChI=1S/C17H19N3O5S/c1-26(23,24)19-14-6-4-13(5-7-14)18-17(22)12-9-16(21)20(10-12)11-15-3-2-8-25-15/h2-8,12,19H,9-11H2,1H3,(H,18,22)/t12-/m1/s1. The minimum absolute atomic E-state index is 0.0887. The molecule has 2 amide bonds. The summed E-state index contributed by atoms with van der Waals surface area (Å²) in [6, 6.07) is 9.85. The lowest BCUT2D eigenvalue weighted by atomic mass is 10.1. The molecule has 1 aliphatic rings. The maximum atomic E-state index is 12.4. The van der Waals surface area contributed by atoms with E-state index in [9.17, 15) is 18.0 Å². The van der Waals surface area contributed by atoms with E-state index < -0.39 is 15.9 Å². The molecule has 1 saturated heterocycles. The van der Waals surface area contributed by atoms with Crippen molar-refractivity contribution in [3.63, 3.8) is 0 Å².